The summed E-state index contributed by atoms with van der Waals surface area (Å²) in [5.41, 5.74) is 0.318. The van der Waals surface area contributed by atoms with Gasteiger partial charge in [-0.3, -0.25) is 4.79 Å². The summed E-state index contributed by atoms with van der Waals surface area (Å²) in [4.78, 5) is 15.7. The van der Waals surface area contributed by atoms with Gasteiger partial charge in [0.1, 0.15) is 12.4 Å². The molecule has 2 aromatic rings. The SMILES string of the molecule is COCc1ccc(C(=O)NCc2cccnc2OCC(F)(F)F)o1. The molecule has 0 bridgehead atoms. The Morgan fingerprint density at radius 3 is 2.83 bits per heavy atom. The van der Waals surface area contributed by atoms with Gasteiger partial charge < -0.3 is 19.2 Å². The van der Waals surface area contributed by atoms with Crippen LogP contribution in [0.15, 0.2) is 34.9 Å². The maximum atomic E-state index is 12.2. The molecule has 1 N–H and O–H groups in total. The van der Waals surface area contributed by atoms with E-state index in [4.69, 9.17) is 9.15 Å². The van der Waals surface area contributed by atoms with Crippen molar-refractivity contribution in [2.24, 2.45) is 0 Å². The second kappa shape index (κ2) is 7.82. The summed E-state index contributed by atoms with van der Waals surface area (Å²) in [6, 6.07) is 6.12. The molecule has 9 heteroatoms. The number of halogens is 3. The first-order valence-electron chi connectivity index (χ1n) is 6.88. The van der Waals surface area contributed by atoms with Gasteiger partial charge in [-0.2, -0.15) is 13.2 Å². The van der Waals surface area contributed by atoms with Gasteiger partial charge in [0.25, 0.3) is 5.91 Å². The number of alkyl halides is 3. The third-order valence-corrected chi connectivity index (χ3v) is 2.83. The number of carbonyl (C=O) groups excluding carboxylic acids is 1. The number of amides is 1. The van der Waals surface area contributed by atoms with Crippen molar-refractivity contribution >= 4 is 5.91 Å². The van der Waals surface area contributed by atoms with E-state index < -0.39 is 18.7 Å². The Labute approximate surface area is 135 Å². The van der Waals surface area contributed by atoms with Crippen LogP contribution >= 0.6 is 0 Å². The number of methoxy groups -OCH3 is 1. The quantitative estimate of drug-likeness (QED) is 0.836. The van der Waals surface area contributed by atoms with E-state index in [2.05, 4.69) is 15.0 Å². The van der Waals surface area contributed by atoms with Gasteiger partial charge in [0.2, 0.25) is 5.88 Å². The van der Waals surface area contributed by atoms with Gasteiger partial charge in [-0.05, 0) is 18.2 Å². The van der Waals surface area contributed by atoms with Crippen molar-refractivity contribution in [1.29, 1.82) is 0 Å². The van der Waals surface area contributed by atoms with Crippen molar-refractivity contribution in [3.8, 4) is 5.88 Å². The summed E-state index contributed by atoms with van der Waals surface area (Å²) >= 11 is 0. The third kappa shape index (κ3) is 5.27. The number of furan rings is 1. The number of nitrogens with one attached hydrogen (secondary N) is 1. The molecular formula is C15H15F3N2O4. The minimum absolute atomic E-state index is 0.0554. The van der Waals surface area contributed by atoms with Crippen molar-refractivity contribution in [2.45, 2.75) is 19.3 Å². The number of nitrogens with zero attached hydrogens (tertiary/aromatic N) is 1. The molecule has 2 rings (SSSR count). The summed E-state index contributed by atoms with van der Waals surface area (Å²) in [5, 5.41) is 2.53. The van der Waals surface area contributed by atoms with Gasteiger partial charge in [0, 0.05) is 25.4 Å². The molecule has 0 saturated heterocycles. The fourth-order valence-corrected chi connectivity index (χ4v) is 1.82. The molecule has 6 nitrogen and oxygen atoms in total. The minimum Gasteiger partial charge on any atom is -0.468 e. The molecule has 1 amide bonds. The van der Waals surface area contributed by atoms with Crippen LogP contribution < -0.4 is 10.1 Å². The standard InChI is InChI=1S/C15H15F3N2O4/c1-22-8-11-4-5-12(24-11)13(21)20-7-10-3-2-6-19-14(10)23-9-15(16,17)18/h2-6H,7-9H2,1H3,(H,20,21). The highest BCUT2D eigenvalue weighted by Crippen LogP contribution is 2.20. The van der Waals surface area contributed by atoms with Crippen LogP contribution in [-0.2, 0) is 17.9 Å². The Morgan fingerprint density at radius 1 is 1.33 bits per heavy atom. The van der Waals surface area contributed by atoms with Crippen LogP contribution in [0.1, 0.15) is 21.9 Å². The van der Waals surface area contributed by atoms with E-state index in [1.165, 1.54) is 31.5 Å². The Balaban J connectivity index is 1.96. The number of ether oxygens (including phenoxy) is 2. The lowest BCUT2D eigenvalue weighted by Gasteiger charge is -2.12. The van der Waals surface area contributed by atoms with E-state index in [1.54, 1.807) is 6.07 Å². The molecule has 0 saturated carbocycles. The zero-order chi connectivity index (χ0) is 17.6. The monoisotopic (exact) mass is 344 g/mol. The van der Waals surface area contributed by atoms with Crippen molar-refractivity contribution in [3.05, 3.63) is 47.5 Å². The number of aromatic nitrogens is 1. The van der Waals surface area contributed by atoms with Crippen LogP contribution in [-0.4, -0.2) is 30.8 Å². The van der Waals surface area contributed by atoms with Crippen molar-refractivity contribution in [3.63, 3.8) is 0 Å². The maximum absolute atomic E-state index is 12.2. The van der Waals surface area contributed by atoms with E-state index in [0.29, 0.717) is 11.3 Å². The zero-order valence-corrected chi connectivity index (χ0v) is 12.7. The summed E-state index contributed by atoms with van der Waals surface area (Å²) < 4.78 is 51.5. The molecule has 0 atom stereocenters. The number of carbonyl (C=O) groups is 1. The van der Waals surface area contributed by atoms with E-state index in [-0.39, 0.29) is 24.8 Å². The highest BCUT2D eigenvalue weighted by Gasteiger charge is 2.29. The van der Waals surface area contributed by atoms with Gasteiger partial charge in [-0.1, -0.05) is 6.07 Å². The maximum Gasteiger partial charge on any atom is 0.422 e. The first-order valence-corrected chi connectivity index (χ1v) is 6.88. The highest BCUT2D eigenvalue weighted by molar-refractivity contribution is 5.91. The second-order valence-electron chi connectivity index (χ2n) is 4.75. The molecule has 0 aliphatic carbocycles. The Hall–Kier alpha value is -2.55. The summed E-state index contributed by atoms with van der Waals surface area (Å²) in [7, 11) is 1.49. The van der Waals surface area contributed by atoms with E-state index >= 15 is 0 Å². The predicted molar refractivity (Wildman–Crippen MR) is 76.4 cm³/mol. The summed E-state index contributed by atoms with van der Waals surface area (Å²) in [6.07, 6.45) is -3.16. The Bertz CT molecular complexity index is 685. The van der Waals surface area contributed by atoms with Gasteiger partial charge >= 0.3 is 6.18 Å². The lowest BCUT2D eigenvalue weighted by molar-refractivity contribution is -0.154. The molecule has 0 radical (unpaired) electrons. The number of hydrogen-bond acceptors (Lipinski definition) is 5. The molecule has 0 aliphatic rings. The van der Waals surface area contributed by atoms with Crippen molar-refractivity contribution < 1.29 is 31.9 Å². The van der Waals surface area contributed by atoms with E-state index in [0.717, 1.165) is 0 Å². The molecule has 0 spiro atoms. The molecule has 0 unspecified atom stereocenters. The topological polar surface area (TPSA) is 73.6 Å². The molecule has 0 aromatic carbocycles. The zero-order valence-electron chi connectivity index (χ0n) is 12.7. The molecular weight excluding hydrogens is 329 g/mol. The molecule has 130 valence electrons. The Morgan fingerprint density at radius 2 is 2.12 bits per heavy atom. The third-order valence-electron chi connectivity index (χ3n) is 2.83. The van der Waals surface area contributed by atoms with Crippen molar-refractivity contribution in [1.82, 2.24) is 10.3 Å². The van der Waals surface area contributed by atoms with Gasteiger partial charge in [0.15, 0.2) is 12.4 Å². The van der Waals surface area contributed by atoms with Crippen LogP contribution in [0.5, 0.6) is 5.88 Å². The largest absolute Gasteiger partial charge is 0.468 e. The normalized spacial score (nSPS) is 11.3. The Kier molecular flexibility index (Phi) is 5.80. The number of hydrogen-bond donors (Lipinski definition) is 1. The van der Waals surface area contributed by atoms with Crippen LogP contribution in [0.25, 0.3) is 0 Å². The number of rotatable bonds is 7. The molecule has 0 fully saturated rings. The molecule has 0 aliphatic heterocycles. The molecule has 24 heavy (non-hydrogen) atoms. The molecule has 2 aromatic heterocycles. The van der Waals surface area contributed by atoms with Gasteiger partial charge in [-0.25, -0.2) is 4.98 Å². The van der Waals surface area contributed by atoms with Crippen LogP contribution in [0, 0.1) is 0 Å². The smallest absolute Gasteiger partial charge is 0.422 e. The fourth-order valence-electron chi connectivity index (χ4n) is 1.82. The lowest BCUT2D eigenvalue weighted by Crippen LogP contribution is -2.24. The van der Waals surface area contributed by atoms with E-state index in [9.17, 15) is 18.0 Å². The fraction of sp³-hybridized carbons (Fsp3) is 0.333. The summed E-state index contributed by atoms with van der Waals surface area (Å²) in [5.74, 6) is -0.139. The number of pyridine rings is 1. The summed E-state index contributed by atoms with van der Waals surface area (Å²) in [6.45, 7) is -1.28. The van der Waals surface area contributed by atoms with Gasteiger partial charge in [0.05, 0.1) is 0 Å². The van der Waals surface area contributed by atoms with Crippen molar-refractivity contribution in [2.75, 3.05) is 13.7 Å². The highest BCUT2D eigenvalue weighted by atomic mass is 19.4. The van der Waals surface area contributed by atoms with E-state index in [1.807, 2.05) is 0 Å². The van der Waals surface area contributed by atoms with Gasteiger partial charge in [-0.15, -0.1) is 0 Å². The molecule has 2 heterocycles. The second-order valence-corrected chi connectivity index (χ2v) is 4.75. The average Bonchev–Trinajstić information content (AvgIpc) is 3.00. The average molecular weight is 344 g/mol. The van der Waals surface area contributed by atoms with Crippen LogP contribution in [0.3, 0.4) is 0 Å². The first kappa shape index (κ1) is 17.8. The minimum atomic E-state index is -4.47. The van der Waals surface area contributed by atoms with Crippen LogP contribution in [0.4, 0.5) is 13.2 Å². The lowest BCUT2D eigenvalue weighted by atomic mass is 10.2. The van der Waals surface area contributed by atoms with Crippen LogP contribution in [0.2, 0.25) is 0 Å². The first-order chi connectivity index (χ1) is 11.4. The predicted octanol–water partition coefficient (Wildman–Crippen LogP) is 2.69.